The lowest BCUT2D eigenvalue weighted by Gasteiger charge is -2.27. The predicted molar refractivity (Wildman–Crippen MR) is 85.1 cm³/mol. The van der Waals surface area contributed by atoms with Crippen molar-refractivity contribution in [2.45, 2.75) is 19.5 Å². The Morgan fingerprint density at radius 2 is 1.96 bits per heavy atom. The first-order valence-electron chi connectivity index (χ1n) is 7.60. The average molecular weight is 304 g/mol. The molecule has 0 N–H and O–H groups in total. The third-order valence-corrected chi connectivity index (χ3v) is 3.97. The summed E-state index contributed by atoms with van der Waals surface area (Å²) in [5.74, 6) is 0.688. The minimum Gasteiger partial charge on any atom is -0.293 e. The molecule has 0 saturated heterocycles. The second-order valence-corrected chi connectivity index (χ2v) is 5.61. The Morgan fingerprint density at radius 3 is 2.78 bits per heavy atom. The van der Waals surface area contributed by atoms with Crippen molar-refractivity contribution >= 4 is 0 Å². The monoisotopic (exact) mass is 304 g/mol. The first-order valence-corrected chi connectivity index (χ1v) is 7.60. The Labute approximate surface area is 134 Å². The van der Waals surface area contributed by atoms with Gasteiger partial charge in [-0.1, -0.05) is 6.07 Å². The highest BCUT2D eigenvalue weighted by Gasteiger charge is 2.19. The summed E-state index contributed by atoms with van der Waals surface area (Å²) in [6.45, 7) is 2.73. The van der Waals surface area contributed by atoms with Crippen LogP contribution in [-0.2, 0) is 19.5 Å². The van der Waals surface area contributed by atoms with Crippen LogP contribution in [-0.4, -0.2) is 36.4 Å². The van der Waals surface area contributed by atoms with Crippen LogP contribution in [0.25, 0.3) is 11.4 Å². The average Bonchev–Trinajstić information content (AvgIpc) is 2.63. The fourth-order valence-electron chi connectivity index (χ4n) is 2.80. The Hall–Kier alpha value is -2.73. The molecule has 1 aliphatic heterocycles. The van der Waals surface area contributed by atoms with Crippen LogP contribution in [0.4, 0.5) is 0 Å². The van der Waals surface area contributed by atoms with Crippen molar-refractivity contribution in [2.75, 3.05) is 6.54 Å². The van der Waals surface area contributed by atoms with Gasteiger partial charge >= 0.3 is 0 Å². The molecule has 4 rings (SSSR count). The van der Waals surface area contributed by atoms with Gasteiger partial charge in [-0.25, -0.2) is 19.9 Å². The van der Waals surface area contributed by atoms with Crippen molar-refractivity contribution in [1.82, 2.24) is 29.8 Å². The summed E-state index contributed by atoms with van der Waals surface area (Å²) in [5.41, 5.74) is 4.39. The van der Waals surface area contributed by atoms with Crippen LogP contribution in [0.3, 0.4) is 0 Å². The van der Waals surface area contributed by atoms with E-state index in [4.69, 9.17) is 4.98 Å². The summed E-state index contributed by atoms with van der Waals surface area (Å²) >= 11 is 0. The summed E-state index contributed by atoms with van der Waals surface area (Å²) in [7, 11) is 0. The molecule has 4 heterocycles. The van der Waals surface area contributed by atoms with Crippen molar-refractivity contribution in [1.29, 1.82) is 0 Å². The molecule has 6 heteroatoms. The lowest BCUT2D eigenvalue weighted by Crippen LogP contribution is -2.31. The van der Waals surface area contributed by atoms with E-state index in [9.17, 15) is 0 Å². The molecule has 6 nitrogen and oxygen atoms in total. The summed E-state index contributed by atoms with van der Waals surface area (Å²) in [4.78, 5) is 23.8. The molecule has 0 saturated carbocycles. The van der Waals surface area contributed by atoms with Crippen LogP contribution in [0.15, 0.2) is 49.4 Å². The van der Waals surface area contributed by atoms with Gasteiger partial charge in [0.15, 0.2) is 5.82 Å². The molecule has 0 bridgehead atoms. The quantitative estimate of drug-likeness (QED) is 0.736. The minimum atomic E-state index is 0.688. The molecule has 23 heavy (non-hydrogen) atoms. The standard InChI is InChI=1S/C17H16N6/c1-2-13(6-18-4-1)10-23-5-3-14-9-21-17(22-16(14)11-23)15-7-19-12-20-8-15/h1-2,4,6-9,12H,3,5,10-11H2. The Morgan fingerprint density at radius 1 is 1.04 bits per heavy atom. The number of hydrogen-bond acceptors (Lipinski definition) is 6. The van der Waals surface area contributed by atoms with Crippen LogP contribution < -0.4 is 0 Å². The normalized spacial score (nSPS) is 14.4. The second kappa shape index (κ2) is 6.18. The molecular weight excluding hydrogens is 288 g/mol. The van der Waals surface area contributed by atoms with E-state index in [0.29, 0.717) is 5.82 Å². The first kappa shape index (κ1) is 13.9. The third-order valence-electron chi connectivity index (χ3n) is 3.97. The van der Waals surface area contributed by atoms with Gasteiger partial charge in [-0.2, -0.15) is 0 Å². The van der Waals surface area contributed by atoms with Crippen LogP contribution in [0.2, 0.25) is 0 Å². The van der Waals surface area contributed by atoms with E-state index >= 15 is 0 Å². The summed E-state index contributed by atoms with van der Waals surface area (Å²) in [6, 6.07) is 4.08. The molecule has 0 fully saturated rings. The molecule has 0 radical (unpaired) electrons. The topological polar surface area (TPSA) is 67.7 Å². The molecule has 0 atom stereocenters. The molecule has 114 valence electrons. The van der Waals surface area contributed by atoms with E-state index in [0.717, 1.165) is 37.3 Å². The van der Waals surface area contributed by atoms with Gasteiger partial charge < -0.3 is 0 Å². The van der Waals surface area contributed by atoms with Gasteiger partial charge in [-0.15, -0.1) is 0 Å². The SMILES string of the molecule is c1cncc(CN2CCc3cnc(-c4cncnc4)nc3C2)c1. The van der Waals surface area contributed by atoms with Crippen LogP contribution in [0.1, 0.15) is 16.8 Å². The maximum Gasteiger partial charge on any atom is 0.162 e. The highest BCUT2D eigenvalue weighted by molar-refractivity contribution is 5.52. The van der Waals surface area contributed by atoms with E-state index in [1.807, 2.05) is 18.5 Å². The fourth-order valence-corrected chi connectivity index (χ4v) is 2.80. The van der Waals surface area contributed by atoms with E-state index in [2.05, 4.69) is 30.9 Å². The van der Waals surface area contributed by atoms with Crippen molar-refractivity contribution in [3.63, 3.8) is 0 Å². The molecule has 3 aromatic heterocycles. The number of pyridine rings is 1. The molecule has 3 aromatic rings. The number of nitrogens with zero attached hydrogens (tertiary/aromatic N) is 6. The maximum absolute atomic E-state index is 4.73. The minimum absolute atomic E-state index is 0.688. The van der Waals surface area contributed by atoms with Gasteiger partial charge in [0.05, 0.1) is 11.3 Å². The van der Waals surface area contributed by atoms with Gasteiger partial charge in [-0.05, 0) is 23.6 Å². The Bertz CT molecular complexity index is 791. The van der Waals surface area contributed by atoms with Gasteiger partial charge in [0.2, 0.25) is 0 Å². The zero-order valence-corrected chi connectivity index (χ0v) is 12.6. The van der Waals surface area contributed by atoms with Crippen molar-refractivity contribution in [3.05, 3.63) is 66.3 Å². The van der Waals surface area contributed by atoms with Crippen molar-refractivity contribution < 1.29 is 0 Å². The third kappa shape index (κ3) is 3.07. The zero-order chi connectivity index (χ0) is 15.5. The lowest BCUT2D eigenvalue weighted by atomic mass is 10.1. The van der Waals surface area contributed by atoms with E-state index in [1.54, 1.807) is 18.6 Å². The zero-order valence-electron chi connectivity index (χ0n) is 12.6. The van der Waals surface area contributed by atoms with Crippen LogP contribution >= 0.6 is 0 Å². The van der Waals surface area contributed by atoms with Gasteiger partial charge in [-0.3, -0.25) is 9.88 Å². The molecule has 0 aromatic carbocycles. The number of fused-ring (bicyclic) bond motifs is 1. The van der Waals surface area contributed by atoms with Crippen LogP contribution in [0, 0.1) is 0 Å². The highest BCUT2D eigenvalue weighted by Crippen LogP contribution is 2.21. The molecular formula is C17H16N6. The molecule has 1 aliphatic rings. The maximum atomic E-state index is 4.73. The first-order chi connectivity index (χ1) is 11.4. The lowest BCUT2D eigenvalue weighted by molar-refractivity contribution is 0.241. The number of hydrogen-bond donors (Lipinski definition) is 0. The second-order valence-electron chi connectivity index (χ2n) is 5.61. The summed E-state index contributed by atoms with van der Waals surface area (Å²) in [5, 5.41) is 0. The van der Waals surface area contributed by atoms with E-state index < -0.39 is 0 Å². The van der Waals surface area contributed by atoms with Gasteiger partial charge in [0.25, 0.3) is 0 Å². The molecule has 0 unspecified atom stereocenters. The molecule has 0 amide bonds. The smallest absolute Gasteiger partial charge is 0.162 e. The van der Waals surface area contributed by atoms with Crippen molar-refractivity contribution in [3.8, 4) is 11.4 Å². The summed E-state index contributed by atoms with van der Waals surface area (Å²) < 4.78 is 0. The molecule has 0 spiro atoms. The predicted octanol–water partition coefficient (Wildman–Crippen LogP) is 1.89. The Balaban J connectivity index is 1.56. The van der Waals surface area contributed by atoms with E-state index in [1.165, 1.54) is 17.5 Å². The number of aromatic nitrogens is 5. The van der Waals surface area contributed by atoms with Gasteiger partial charge in [0.1, 0.15) is 6.33 Å². The van der Waals surface area contributed by atoms with Gasteiger partial charge in [0, 0.05) is 50.6 Å². The molecule has 0 aliphatic carbocycles. The Kier molecular flexibility index (Phi) is 3.73. The fraction of sp³-hybridized carbons (Fsp3) is 0.235. The largest absolute Gasteiger partial charge is 0.293 e. The van der Waals surface area contributed by atoms with Crippen molar-refractivity contribution in [2.24, 2.45) is 0 Å². The summed E-state index contributed by atoms with van der Waals surface area (Å²) in [6.07, 6.45) is 11.6. The van der Waals surface area contributed by atoms with Crippen LogP contribution in [0.5, 0.6) is 0 Å². The van der Waals surface area contributed by atoms with E-state index in [-0.39, 0.29) is 0 Å². The number of rotatable bonds is 3. The highest BCUT2D eigenvalue weighted by atomic mass is 15.1.